The van der Waals surface area contributed by atoms with Gasteiger partial charge in [-0.1, -0.05) is 20.8 Å². The maximum absolute atomic E-state index is 2.76. The van der Waals surface area contributed by atoms with E-state index in [0.717, 1.165) is 6.04 Å². The largest absolute Gasteiger partial charge is 0.294 e. The van der Waals surface area contributed by atoms with Gasteiger partial charge in [-0.2, -0.15) is 0 Å². The highest BCUT2D eigenvalue weighted by atomic mass is 15.3. The van der Waals surface area contributed by atoms with Gasteiger partial charge in [-0.05, 0) is 57.4 Å². The molecule has 1 aliphatic carbocycles. The topological polar surface area (TPSA) is 3.24 Å². The molecule has 1 heteroatoms. The summed E-state index contributed by atoms with van der Waals surface area (Å²) in [6.45, 7) is 15.7. The Bertz CT molecular complexity index is 249. The van der Waals surface area contributed by atoms with Crippen molar-refractivity contribution in [2.45, 2.75) is 72.4 Å². The number of nitrogens with zero attached hydrogens (tertiary/aromatic N) is 1. The van der Waals surface area contributed by atoms with Crippen molar-refractivity contribution in [3.8, 4) is 0 Å². The van der Waals surface area contributed by atoms with Crippen molar-refractivity contribution in [3.05, 3.63) is 0 Å². The fraction of sp³-hybridized carbons (Fsp3) is 1.00. The molecular weight excluding hydrogens is 182 g/mol. The quantitative estimate of drug-likeness (QED) is 0.588. The van der Waals surface area contributed by atoms with Crippen molar-refractivity contribution < 1.29 is 0 Å². The zero-order valence-electron chi connectivity index (χ0n) is 11.4. The molecule has 1 atom stereocenters. The molecule has 0 amide bonds. The number of rotatable bonds is 0. The van der Waals surface area contributed by atoms with Crippen molar-refractivity contribution in [3.63, 3.8) is 0 Å². The summed E-state index contributed by atoms with van der Waals surface area (Å²) in [7, 11) is 0. The van der Waals surface area contributed by atoms with Crippen LogP contribution in [0.2, 0.25) is 0 Å². The van der Waals surface area contributed by atoms with Crippen LogP contribution in [0.25, 0.3) is 0 Å². The van der Waals surface area contributed by atoms with E-state index in [-0.39, 0.29) is 0 Å². The second-order valence-corrected chi connectivity index (χ2v) is 7.75. The van der Waals surface area contributed by atoms with Gasteiger partial charge in [-0.15, -0.1) is 0 Å². The average Bonchev–Trinajstić information content (AvgIpc) is 2.56. The highest BCUT2D eigenvalue weighted by Gasteiger charge is 2.60. The molecule has 88 valence electrons. The van der Waals surface area contributed by atoms with Crippen molar-refractivity contribution >= 4 is 0 Å². The van der Waals surface area contributed by atoms with Crippen molar-refractivity contribution in [1.82, 2.24) is 4.90 Å². The van der Waals surface area contributed by atoms with Gasteiger partial charge >= 0.3 is 0 Å². The van der Waals surface area contributed by atoms with Crippen LogP contribution in [-0.4, -0.2) is 23.0 Å². The SMILES string of the molecule is CC(C)(C)C1N(C(C)(C)C)CCC12CC2. The van der Waals surface area contributed by atoms with E-state index < -0.39 is 0 Å². The summed E-state index contributed by atoms with van der Waals surface area (Å²) in [6.07, 6.45) is 4.38. The van der Waals surface area contributed by atoms with Gasteiger partial charge in [-0.3, -0.25) is 4.90 Å². The van der Waals surface area contributed by atoms with Crippen LogP contribution in [0.4, 0.5) is 0 Å². The molecule has 0 bridgehead atoms. The Kier molecular flexibility index (Phi) is 2.29. The predicted octanol–water partition coefficient (Wildman–Crippen LogP) is 3.69. The summed E-state index contributed by atoms with van der Waals surface area (Å²) in [5, 5.41) is 0. The minimum absolute atomic E-state index is 0.337. The second-order valence-electron chi connectivity index (χ2n) is 7.75. The average molecular weight is 209 g/mol. The van der Waals surface area contributed by atoms with Crippen LogP contribution in [-0.2, 0) is 0 Å². The molecule has 1 saturated heterocycles. The van der Waals surface area contributed by atoms with E-state index in [0.29, 0.717) is 16.4 Å². The Morgan fingerprint density at radius 1 is 0.933 bits per heavy atom. The van der Waals surface area contributed by atoms with Crippen LogP contribution in [0, 0.1) is 10.8 Å². The van der Waals surface area contributed by atoms with E-state index in [2.05, 4.69) is 46.4 Å². The molecule has 1 spiro atoms. The molecule has 1 heterocycles. The van der Waals surface area contributed by atoms with Gasteiger partial charge in [0.05, 0.1) is 0 Å². The van der Waals surface area contributed by atoms with Crippen LogP contribution >= 0.6 is 0 Å². The maximum Gasteiger partial charge on any atom is 0.0206 e. The summed E-state index contributed by atoms with van der Waals surface area (Å²) in [5.41, 5.74) is 1.47. The Hall–Kier alpha value is -0.0400. The normalized spacial score (nSPS) is 31.2. The van der Waals surface area contributed by atoms with E-state index in [1.807, 2.05) is 0 Å². The van der Waals surface area contributed by atoms with Gasteiger partial charge < -0.3 is 0 Å². The molecule has 15 heavy (non-hydrogen) atoms. The van der Waals surface area contributed by atoms with Gasteiger partial charge in [0.1, 0.15) is 0 Å². The summed E-state index contributed by atoms with van der Waals surface area (Å²) >= 11 is 0. The third kappa shape index (κ3) is 1.84. The molecule has 0 N–H and O–H groups in total. The zero-order valence-corrected chi connectivity index (χ0v) is 11.4. The number of likely N-dealkylation sites (tertiary alicyclic amines) is 1. The van der Waals surface area contributed by atoms with E-state index in [4.69, 9.17) is 0 Å². The molecule has 1 aliphatic heterocycles. The molecule has 0 aromatic rings. The first-order valence-electron chi connectivity index (χ1n) is 6.44. The first-order valence-corrected chi connectivity index (χ1v) is 6.44. The highest BCUT2D eigenvalue weighted by molar-refractivity contribution is 5.13. The van der Waals surface area contributed by atoms with Gasteiger partial charge in [-0.25, -0.2) is 0 Å². The molecule has 1 unspecified atom stereocenters. The van der Waals surface area contributed by atoms with Crippen molar-refractivity contribution in [2.24, 2.45) is 10.8 Å². The van der Waals surface area contributed by atoms with E-state index in [9.17, 15) is 0 Å². The molecule has 1 saturated carbocycles. The lowest BCUT2D eigenvalue weighted by Gasteiger charge is -2.45. The molecule has 2 aliphatic rings. The minimum Gasteiger partial charge on any atom is -0.294 e. The first kappa shape index (κ1) is 11.4. The molecule has 1 nitrogen and oxygen atoms in total. The summed E-state index contributed by atoms with van der Waals surface area (Å²) < 4.78 is 0. The maximum atomic E-state index is 2.76. The highest BCUT2D eigenvalue weighted by Crippen LogP contribution is 2.62. The van der Waals surface area contributed by atoms with Crippen LogP contribution in [0.5, 0.6) is 0 Å². The van der Waals surface area contributed by atoms with Crippen molar-refractivity contribution in [1.29, 1.82) is 0 Å². The van der Waals surface area contributed by atoms with Crippen LogP contribution in [0.3, 0.4) is 0 Å². The molecule has 2 fully saturated rings. The predicted molar refractivity (Wildman–Crippen MR) is 66.0 cm³/mol. The Balaban J connectivity index is 2.27. The molecule has 0 aromatic carbocycles. The summed E-state index contributed by atoms with van der Waals surface area (Å²) in [6, 6.07) is 0.796. The molecule has 2 rings (SSSR count). The minimum atomic E-state index is 0.337. The van der Waals surface area contributed by atoms with Crippen LogP contribution in [0.1, 0.15) is 60.8 Å². The molecule has 0 aromatic heterocycles. The van der Waals surface area contributed by atoms with Gasteiger partial charge in [0.25, 0.3) is 0 Å². The van der Waals surface area contributed by atoms with E-state index in [1.54, 1.807) is 0 Å². The lowest BCUT2D eigenvalue weighted by atomic mass is 9.76. The Morgan fingerprint density at radius 2 is 1.47 bits per heavy atom. The van der Waals surface area contributed by atoms with Crippen LogP contribution < -0.4 is 0 Å². The third-order valence-electron chi connectivity index (χ3n) is 4.32. The van der Waals surface area contributed by atoms with Gasteiger partial charge in [0.15, 0.2) is 0 Å². The third-order valence-corrected chi connectivity index (χ3v) is 4.32. The first-order chi connectivity index (χ1) is 6.67. The van der Waals surface area contributed by atoms with Crippen LogP contribution in [0.15, 0.2) is 0 Å². The number of hydrogen-bond acceptors (Lipinski definition) is 1. The Morgan fingerprint density at radius 3 is 1.80 bits per heavy atom. The van der Waals surface area contributed by atoms with Crippen molar-refractivity contribution in [2.75, 3.05) is 6.54 Å². The smallest absolute Gasteiger partial charge is 0.0206 e. The Labute approximate surface area is 95.2 Å². The van der Waals surface area contributed by atoms with Gasteiger partial charge in [0.2, 0.25) is 0 Å². The fourth-order valence-corrected chi connectivity index (χ4v) is 3.73. The molecular formula is C14H27N. The lowest BCUT2D eigenvalue weighted by Crippen LogP contribution is -2.52. The zero-order chi connectivity index (χ0) is 11.5. The summed E-state index contributed by atoms with van der Waals surface area (Å²) in [4.78, 5) is 2.76. The van der Waals surface area contributed by atoms with Gasteiger partial charge in [0, 0.05) is 11.6 Å². The lowest BCUT2D eigenvalue weighted by molar-refractivity contribution is 0.0333. The molecule has 0 radical (unpaired) electrons. The second kappa shape index (κ2) is 3.00. The monoisotopic (exact) mass is 209 g/mol. The number of hydrogen-bond donors (Lipinski definition) is 0. The van der Waals surface area contributed by atoms with E-state index in [1.165, 1.54) is 25.8 Å². The fourth-order valence-electron chi connectivity index (χ4n) is 3.73. The van der Waals surface area contributed by atoms with E-state index >= 15 is 0 Å². The summed E-state index contributed by atoms with van der Waals surface area (Å²) in [5.74, 6) is 0. The standard InChI is InChI=1S/C14H27N/c1-12(2,3)11-14(7-8-14)9-10-15(11)13(4,5)6/h11H,7-10H2,1-6H3.